The molecule has 0 rings (SSSR count). The first-order chi connectivity index (χ1) is 47.3. The van der Waals surface area contributed by atoms with Crippen LogP contribution in [0.25, 0.3) is 0 Å². The summed E-state index contributed by atoms with van der Waals surface area (Å²) in [7, 11) is 0. The van der Waals surface area contributed by atoms with E-state index in [2.05, 4.69) is 27.7 Å². The van der Waals surface area contributed by atoms with Crippen molar-refractivity contribution in [2.75, 3.05) is 26.4 Å². The molecule has 2 unspecified atom stereocenters. The Balaban J connectivity index is 0. The zero-order valence-electron chi connectivity index (χ0n) is 65.1. The highest BCUT2D eigenvalue weighted by Gasteiger charge is 2.18. The van der Waals surface area contributed by atoms with Crippen LogP contribution < -0.4 is 0 Å². The SMILES string of the molecule is CCCCCCCCCCCCCCCC(=O)OCC(CO)OC(=O)CCCCCCCCCCCCCCC.CCCCCCCCCCCCCCCCCCCCCCCC(=O)OCC(CO)OC(=O)CCCCCCCCCCCCCCCCCCCCCCC. The van der Waals surface area contributed by atoms with E-state index in [0.717, 1.165) is 64.2 Å². The minimum Gasteiger partial charge on any atom is -0.462 e. The van der Waals surface area contributed by atoms with Crippen LogP contribution in [-0.4, -0.2) is 72.7 Å². The topological polar surface area (TPSA) is 146 Å². The summed E-state index contributed by atoms with van der Waals surface area (Å²) in [5.41, 5.74) is 0. The number of carbonyl (C=O) groups is 4. The maximum absolute atomic E-state index is 12.3. The normalized spacial score (nSPS) is 12.0. The molecule has 0 spiro atoms. The number of aliphatic hydroxyl groups is 2. The number of esters is 4. The fourth-order valence-corrected chi connectivity index (χ4v) is 13.2. The standard InChI is InChI=1S/C51H100O5.C35H68O5/c1-3-5-7-9-11-13-15-17-19-21-23-25-27-29-31-33-35-37-39-41-43-45-50(53)55-48-49(47-52)56-51(54)46-44-42-40-38-36-34-32-30-28-26-24-22-20-18-16-14-12-10-8-6-4-2;1-3-5-7-9-11-13-15-17-19-21-23-25-27-29-34(37)39-32-33(31-36)40-35(38)30-28-26-24-22-20-18-16-14-12-10-8-6-4-2/h49,52H,3-48H2,1-2H3;33,36H,3-32H2,1-2H3. The van der Waals surface area contributed by atoms with Crippen LogP contribution >= 0.6 is 0 Å². The Kier molecular flexibility index (Phi) is 85.1. The molecule has 0 radical (unpaired) electrons. The lowest BCUT2D eigenvalue weighted by atomic mass is 10.0. The first-order valence-corrected chi connectivity index (χ1v) is 43.2. The molecule has 2 atom stereocenters. The van der Waals surface area contributed by atoms with Gasteiger partial charge in [-0.1, -0.05) is 439 Å². The molecule has 0 aromatic rings. The maximum Gasteiger partial charge on any atom is 0.306 e. The van der Waals surface area contributed by atoms with Gasteiger partial charge in [-0.15, -0.1) is 0 Å². The van der Waals surface area contributed by atoms with Gasteiger partial charge in [0.25, 0.3) is 0 Å². The van der Waals surface area contributed by atoms with E-state index in [1.165, 1.54) is 372 Å². The van der Waals surface area contributed by atoms with Gasteiger partial charge in [0.2, 0.25) is 0 Å². The highest BCUT2D eigenvalue weighted by atomic mass is 16.6. The number of aliphatic hydroxyl groups excluding tert-OH is 2. The van der Waals surface area contributed by atoms with Gasteiger partial charge in [-0.05, 0) is 25.7 Å². The van der Waals surface area contributed by atoms with Crippen molar-refractivity contribution in [3.05, 3.63) is 0 Å². The minimum absolute atomic E-state index is 0.0559. The van der Waals surface area contributed by atoms with E-state index in [-0.39, 0.29) is 50.3 Å². The van der Waals surface area contributed by atoms with Gasteiger partial charge in [-0.25, -0.2) is 0 Å². The zero-order chi connectivity index (χ0) is 70.0. The molecular formula is C86H168O10. The third-order valence-electron chi connectivity index (χ3n) is 19.8. The van der Waals surface area contributed by atoms with E-state index < -0.39 is 12.2 Å². The average molecular weight is 1360 g/mol. The minimum atomic E-state index is -0.763. The summed E-state index contributed by atoms with van der Waals surface area (Å²) in [6, 6.07) is 0. The Morgan fingerprint density at radius 1 is 0.198 bits per heavy atom. The van der Waals surface area contributed by atoms with Gasteiger partial charge in [0, 0.05) is 25.7 Å². The summed E-state index contributed by atoms with van der Waals surface area (Å²) < 4.78 is 21.3. The van der Waals surface area contributed by atoms with E-state index >= 15 is 0 Å². The van der Waals surface area contributed by atoms with Crippen molar-refractivity contribution in [1.82, 2.24) is 0 Å². The Morgan fingerprint density at radius 2 is 0.323 bits per heavy atom. The molecule has 0 heterocycles. The molecule has 0 saturated heterocycles. The highest BCUT2D eigenvalue weighted by Crippen LogP contribution is 2.20. The van der Waals surface area contributed by atoms with Gasteiger partial charge in [-0.3, -0.25) is 19.2 Å². The third kappa shape index (κ3) is 82.5. The van der Waals surface area contributed by atoms with Gasteiger partial charge in [0.05, 0.1) is 13.2 Å². The molecule has 0 aliphatic carbocycles. The molecule has 2 N–H and O–H groups in total. The molecule has 0 aliphatic heterocycles. The van der Waals surface area contributed by atoms with Crippen LogP contribution in [0.2, 0.25) is 0 Å². The van der Waals surface area contributed by atoms with E-state index in [1.54, 1.807) is 0 Å². The van der Waals surface area contributed by atoms with Crippen LogP contribution in [0.3, 0.4) is 0 Å². The molecule has 0 amide bonds. The van der Waals surface area contributed by atoms with Crippen molar-refractivity contribution in [3.8, 4) is 0 Å². The van der Waals surface area contributed by atoms with Crippen LogP contribution in [0.15, 0.2) is 0 Å². The molecule has 0 aromatic heterocycles. The highest BCUT2D eigenvalue weighted by molar-refractivity contribution is 5.71. The number of hydrogen-bond acceptors (Lipinski definition) is 10. The summed E-state index contributed by atoms with van der Waals surface area (Å²) in [6.07, 6.45) is 89.2. The third-order valence-corrected chi connectivity index (χ3v) is 19.8. The number of rotatable bonds is 80. The van der Waals surface area contributed by atoms with E-state index in [4.69, 9.17) is 18.9 Å². The van der Waals surface area contributed by atoms with E-state index in [9.17, 15) is 29.4 Å². The van der Waals surface area contributed by atoms with Crippen molar-refractivity contribution in [3.63, 3.8) is 0 Å². The lowest BCUT2D eigenvalue weighted by Crippen LogP contribution is -2.28. The van der Waals surface area contributed by atoms with Gasteiger partial charge in [-0.2, -0.15) is 0 Å². The summed E-state index contributed by atoms with van der Waals surface area (Å²) in [4.78, 5) is 48.5. The summed E-state index contributed by atoms with van der Waals surface area (Å²) in [5, 5.41) is 19.1. The fourth-order valence-electron chi connectivity index (χ4n) is 13.2. The molecule has 10 nitrogen and oxygen atoms in total. The maximum atomic E-state index is 12.3. The zero-order valence-corrected chi connectivity index (χ0v) is 65.1. The largest absolute Gasteiger partial charge is 0.462 e. The first-order valence-electron chi connectivity index (χ1n) is 43.2. The predicted molar refractivity (Wildman–Crippen MR) is 411 cm³/mol. The first kappa shape index (κ1) is 95.9. The number of unbranched alkanes of at least 4 members (excludes halogenated alkanes) is 64. The van der Waals surface area contributed by atoms with Crippen molar-refractivity contribution < 1.29 is 48.3 Å². The summed E-state index contributed by atoms with van der Waals surface area (Å²) >= 11 is 0. The van der Waals surface area contributed by atoms with E-state index in [1.807, 2.05) is 0 Å². The second-order valence-electron chi connectivity index (χ2n) is 29.6. The smallest absolute Gasteiger partial charge is 0.306 e. The van der Waals surface area contributed by atoms with Gasteiger partial charge < -0.3 is 29.2 Å². The Labute approximate surface area is 597 Å². The molecular weight excluding hydrogens is 1190 g/mol. The lowest BCUT2D eigenvalue weighted by Gasteiger charge is -2.15. The van der Waals surface area contributed by atoms with Crippen LogP contribution in [0.5, 0.6) is 0 Å². The second-order valence-corrected chi connectivity index (χ2v) is 29.6. The molecule has 572 valence electrons. The molecule has 0 saturated carbocycles. The monoisotopic (exact) mass is 1360 g/mol. The predicted octanol–water partition coefficient (Wildman–Crippen LogP) is 27.0. The van der Waals surface area contributed by atoms with Gasteiger partial charge in [0.15, 0.2) is 12.2 Å². The molecule has 0 aliphatic rings. The quantitative estimate of drug-likeness (QED) is 0.0343. The number of carbonyl (C=O) groups excluding carboxylic acids is 4. The second kappa shape index (κ2) is 85.2. The van der Waals surface area contributed by atoms with Gasteiger partial charge in [0.1, 0.15) is 13.2 Å². The lowest BCUT2D eigenvalue weighted by molar-refractivity contribution is -0.161. The molecule has 10 heteroatoms. The Bertz CT molecular complexity index is 1520. The Hall–Kier alpha value is -2.20. The molecule has 0 fully saturated rings. The fraction of sp³-hybridized carbons (Fsp3) is 0.953. The van der Waals surface area contributed by atoms with Crippen LogP contribution in [0.1, 0.15) is 490 Å². The number of ether oxygens (including phenoxy) is 4. The van der Waals surface area contributed by atoms with Crippen molar-refractivity contribution in [1.29, 1.82) is 0 Å². The van der Waals surface area contributed by atoms with Crippen LogP contribution in [0.4, 0.5) is 0 Å². The van der Waals surface area contributed by atoms with Gasteiger partial charge >= 0.3 is 23.9 Å². The van der Waals surface area contributed by atoms with E-state index in [0.29, 0.717) is 25.7 Å². The molecule has 0 aromatic carbocycles. The molecule has 96 heavy (non-hydrogen) atoms. The Morgan fingerprint density at radius 3 is 0.458 bits per heavy atom. The average Bonchev–Trinajstić information content (AvgIpc) is 3.72. The summed E-state index contributed by atoms with van der Waals surface area (Å²) in [5.74, 6) is -1.15. The summed E-state index contributed by atoms with van der Waals surface area (Å²) in [6.45, 7) is 8.34. The van der Waals surface area contributed by atoms with Crippen LogP contribution in [0, 0.1) is 0 Å². The molecule has 0 bridgehead atoms. The van der Waals surface area contributed by atoms with Crippen molar-refractivity contribution in [2.24, 2.45) is 0 Å². The van der Waals surface area contributed by atoms with Crippen LogP contribution in [-0.2, 0) is 38.1 Å². The number of hydrogen-bond donors (Lipinski definition) is 2. The van der Waals surface area contributed by atoms with Crippen molar-refractivity contribution >= 4 is 23.9 Å². The van der Waals surface area contributed by atoms with Crippen molar-refractivity contribution in [2.45, 2.75) is 502 Å².